The summed E-state index contributed by atoms with van der Waals surface area (Å²) in [4.78, 5) is 25.9. The maximum atomic E-state index is 12.3. The number of rotatable bonds is 6. The Kier molecular flexibility index (Phi) is 6.24. The van der Waals surface area contributed by atoms with Gasteiger partial charge in [0.2, 0.25) is 11.8 Å². The SMILES string of the molecule is NC(=O)C1CCCN1Cc1ccccc1NC(=O)C=Cc1csc(Br)c1. The number of nitrogens with zero attached hydrogens (tertiary/aromatic N) is 1. The van der Waals surface area contributed by atoms with Crippen molar-refractivity contribution in [3.05, 3.63) is 56.7 Å². The Morgan fingerprint density at radius 3 is 2.92 bits per heavy atom. The summed E-state index contributed by atoms with van der Waals surface area (Å²) in [6.07, 6.45) is 5.06. The zero-order chi connectivity index (χ0) is 18.5. The smallest absolute Gasteiger partial charge is 0.248 e. The van der Waals surface area contributed by atoms with E-state index in [0.29, 0.717) is 6.54 Å². The molecule has 3 N–H and O–H groups in total. The van der Waals surface area contributed by atoms with Crippen LogP contribution < -0.4 is 11.1 Å². The predicted molar refractivity (Wildman–Crippen MR) is 109 cm³/mol. The molecule has 3 rings (SSSR count). The third kappa shape index (κ3) is 4.81. The fraction of sp³-hybridized carbons (Fsp3) is 0.263. The van der Waals surface area contributed by atoms with Crippen LogP contribution >= 0.6 is 27.3 Å². The number of benzene rings is 1. The largest absolute Gasteiger partial charge is 0.368 e. The first-order valence-electron chi connectivity index (χ1n) is 8.37. The van der Waals surface area contributed by atoms with Crippen molar-refractivity contribution in [3.8, 4) is 0 Å². The molecule has 1 saturated heterocycles. The first-order chi connectivity index (χ1) is 12.5. The summed E-state index contributed by atoms with van der Waals surface area (Å²) in [5.74, 6) is -0.471. The van der Waals surface area contributed by atoms with Gasteiger partial charge < -0.3 is 11.1 Å². The molecule has 2 amide bonds. The number of anilines is 1. The first-order valence-corrected chi connectivity index (χ1v) is 10.0. The van der Waals surface area contributed by atoms with Gasteiger partial charge in [-0.05, 0) is 70.0 Å². The second-order valence-electron chi connectivity index (χ2n) is 6.19. The lowest BCUT2D eigenvalue weighted by molar-refractivity contribution is -0.122. The van der Waals surface area contributed by atoms with E-state index in [4.69, 9.17) is 5.73 Å². The van der Waals surface area contributed by atoms with Gasteiger partial charge in [-0.2, -0.15) is 0 Å². The molecule has 1 atom stereocenters. The number of nitrogens with two attached hydrogens (primary N) is 1. The number of nitrogens with one attached hydrogen (secondary N) is 1. The van der Waals surface area contributed by atoms with Crippen molar-refractivity contribution in [3.63, 3.8) is 0 Å². The van der Waals surface area contributed by atoms with Gasteiger partial charge in [-0.25, -0.2) is 0 Å². The second-order valence-corrected chi connectivity index (χ2v) is 8.49. The number of thiophene rings is 1. The van der Waals surface area contributed by atoms with E-state index in [-0.39, 0.29) is 17.9 Å². The molecule has 7 heteroatoms. The Morgan fingerprint density at radius 2 is 2.19 bits per heavy atom. The Hall–Kier alpha value is -1.96. The van der Waals surface area contributed by atoms with Crippen LogP contribution in [0.5, 0.6) is 0 Å². The Bertz CT molecular complexity index is 834. The molecule has 1 aromatic heterocycles. The number of primary amides is 1. The van der Waals surface area contributed by atoms with Gasteiger partial charge in [0.15, 0.2) is 0 Å². The monoisotopic (exact) mass is 433 g/mol. The van der Waals surface area contributed by atoms with Crippen molar-refractivity contribution in [2.45, 2.75) is 25.4 Å². The highest BCUT2D eigenvalue weighted by Gasteiger charge is 2.29. The fourth-order valence-corrected chi connectivity index (χ4v) is 4.24. The summed E-state index contributed by atoms with van der Waals surface area (Å²) in [5.41, 5.74) is 8.20. The molecule has 2 heterocycles. The molecule has 1 unspecified atom stereocenters. The highest BCUT2D eigenvalue weighted by atomic mass is 79.9. The molecule has 1 aromatic carbocycles. The summed E-state index contributed by atoms with van der Waals surface area (Å²) >= 11 is 4.98. The number of hydrogen-bond acceptors (Lipinski definition) is 4. The zero-order valence-electron chi connectivity index (χ0n) is 14.2. The Labute approximate surface area is 165 Å². The van der Waals surface area contributed by atoms with Crippen LogP contribution in [0.2, 0.25) is 0 Å². The van der Waals surface area contributed by atoms with Crippen molar-refractivity contribution >= 4 is 50.8 Å². The molecule has 136 valence electrons. The molecular formula is C19H20BrN3O2S. The molecule has 1 aliphatic heterocycles. The molecule has 0 aliphatic carbocycles. The molecule has 1 fully saturated rings. The molecule has 1 aliphatic rings. The van der Waals surface area contributed by atoms with Crippen molar-refractivity contribution in [2.24, 2.45) is 5.73 Å². The lowest BCUT2D eigenvalue weighted by atomic mass is 10.1. The summed E-state index contributed by atoms with van der Waals surface area (Å²) < 4.78 is 1.03. The average molecular weight is 434 g/mol. The lowest BCUT2D eigenvalue weighted by Gasteiger charge is -2.23. The Morgan fingerprint density at radius 1 is 1.38 bits per heavy atom. The van der Waals surface area contributed by atoms with Crippen LogP contribution in [0.4, 0.5) is 5.69 Å². The molecule has 26 heavy (non-hydrogen) atoms. The minimum atomic E-state index is -0.283. The van der Waals surface area contributed by atoms with Gasteiger partial charge in [0, 0.05) is 18.3 Å². The highest BCUT2D eigenvalue weighted by Crippen LogP contribution is 2.24. The molecule has 2 aromatic rings. The van der Waals surface area contributed by atoms with E-state index < -0.39 is 0 Å². The van der Waals surface area contributed by atoms with E-state index >= 15 is 0 Å². The molecule has 0 spiro atoms. The van der Waals surface area contributed by atoms with Crippen molar-refractivity contribution in [1.82, 2.24) is 4.90 Å². The summed E-state index contributed by atoms with van der Waals surface area (Å²) in [6.45, 7) is 1.42. The summed E-state index contributed by atoms with van der Waals surface area (Å²) in [5, 5.41) is 4.90. The van der Waals surface area contributed by atoms with Crippen LogP contribution in [0.1, 0.15) is 24.0 Å². The van der Waals surface area contributed by atoms with Gasteiger partial charge in [0.25, 0.3) is 0 Å². The van der Waals surface area contributed by atoms with Crippen LogP contribution in [0, 0.1) is 0 Å². The van der Waals surface area contributed by atoms with E-state index in [9.17, 15) is 9.59 Å². The predicted octanol–water partition coefficient (Wildman–Crippen LogP) is 3.61. The Balaban J connectivity index is 1.68. The maximum absolute atomic E-state index is 12.3. The van der Waals surface area contributed by atoms with Crippen molar-refractivity contribution < 1.29 is 9.59 Å². The van der Waals surface area contributed by atoms with Crippen LogP contribution in [0.15, 0.2) is 45.6 Å². The topological polar surface area (TPSA) is 75.4 Å². The van der Waals surface area contributed by atoms with E-state index in [1.54, 1.807) is 17.4 Å². The fourth-order valence-electron chi connectivity index (χ4n) is 3.09. The van der Waals surface area contributed by atoms with E-state index in [2.05, 4.69) is 26.1 Å². The number of carbonyl (C=O) groups is 2. The number of amides is 2. The normalized spacial score (nSPS) is 17.7. The third-order valence-corrected chi connectivity index (χ3v) is 5.88. The van der Waals surface area contributed by atoms with Crippen molar-refractivity contribution in [2.75, 3.05) is 11.9 Å². The van der Waals surface area contributed by atoms with Gasteiger partial charge in [-0.15, -0.1) is 11.3 Å². The molecule has 0 radical (unpaired) electrons. The van der Waals surface area contributed by atoms with Crippen LogP contribution in [-0.4, -0.2) is 29.3 Å². The van der Waals surface area contributed by atoms with E-state index in [1.165, 1.54) is 6.08 Å². The van der Waals surface area contributed by atoms with Gasteiger partial charge in [-0.1, -0.05) is 18.2 Å². The lowest BCUT2D eigenvalue weighted by Crippen LogP contribution is -2.39. The minimum Gasteiger partial charge on any atom is -0.368 e. The molecule has 0 bridgehead atoms. The zero-order valence-corrected chi connectivity index (χ0v) is 16.6. The third-order valence-electron chi connectivity index (χ3n) is 4.36. The average Bonchev–Trinajstić information content (AvgIpc) is 3.23. The molecule has 5 nitrogen and oxygen atoms in total. The highest BCUT2D eigenvalue weighted by molar-refractivity contribution is 9.11. The number of hydrogen-bond donors (Lipinski definition) is 2. The van der Waals surface area contributed by atoms with Crippen LogP contribution in [-0.2, 0) is 16.1 Å². The van der Waals surface area contributed by atoms with Gasteiger partial charge in [0.1, 0.15) is 0 Å². The molecule has 0 saturated carbocycles. The minimum absolute atomic E-state index is 0.187. The van der Waals surface area contributed by atoms with Crippen LogP contribution in [0.3, 0.4) is 0 Å². The maximum Gasteiger partial charge on any atom is 0.248 e. The number of likely N-dealkylation sites (tertiary alicyclic amines) is 1. The van der Waals surface area contributed by atoms with Crippen LogP contribution in [0.25, 0.3) is 6.08 Å². The summed E-state index contributed by atoms with van der Waals surface area (Å²) in [7, 11) is 0. The summed E-state index contributed by atoms with van der Waals surface area (Å²) in [6, 6.07) is 9.38. The first kappa shape index (κ1) is 18.8. The second kappa shape index (κ2) is 8.62. The number of halogens is 1. The number of carbonyl (C=O) groups excluding carboxylic acids is 2. The standard InChI is InChI=1S/C19H20BrN3O2S/c20-17-10-13(12-26-17)7-8-18(24)22-15-5-2-1-4-14(15)11-23-9-3-6-16(23)19(21)25/h1-2,4-5,7-8,10,12,16H,3,6,9,11H2,(H2,21,25)(H,22,24). The molecular weight excluding hydrogens is 414 g/mol. The quantitative estimate of drug-likeness (QED) is 0.683. The van der Waals surface area contributed by atoms with E-state index in [1.807, 2.05) is 35.7 Å². The van der Waals surface area contributed by atoms with Crippen molar-refractivity contribution in [1.29, 1.82) is 0 Å². The van der Waals surface area contributed by atoms with Gasteiger partial charge >= 0.3 is 0 Å². The van der Waals surface area contributed by atoms with Gasteiger partial charge in [-0.3, -0.25) is 14.5 Å². The number of para-hydroxylation sites is 1. The van der Waals surface area contributed by atoms with E-state index in [0.717, 1.165) is 40.0 Å². The van der Waals surface area contributed by atoms with Gasteiger partial charge in [0.05, 0.1) is 9.83 Å².